The van der Waals surface area contributed by atoms with Crippen molar-refractivity contribution < 1.29 is 0 Å². The summed E-state index contributed by atoms with van der Waals surface area (Å²) in [6, 6.07) is 1.68. The minimum absolute atomic E-state index is 0.220. The molecule has 0 aromatic carbocycles. The Balaban J connectivity index is 1.07. The number of nitrogens with zero attached hydrogens (tertiary/aromatic N) is 1. The maximum Gasteiger partial charge on any atom is 0.0781 e. The van der Waals surface area contributed by atoms with E-state index in [1.807, 2.05) is 0 Å². The zero-order valence-corrected chi connectivity index (χ0v) is 31.0. The first-order valence-corrected chi connectivity index (χ1v) is 20.9. The van der Waals surface area contributed by atoms with Gasteiger partial charge in [0.05, 0.1) is 49.3 Å². The average Bonchev–Trinajstić information content (AvgIpc) is 3.84. The van der Waals surface area contributed by atoms with Crippen LogP contribution in [-0.2, 0) is 0 Å². The molecule has 0 aliphatic carbocycles. The van der Waals surface area contributed by atoms with Crippen LogP contribution in [0.25, 0.3) is 0 Å². The molecular formula is C37H70N12. The Labute approximate surface area is 296 Å². The lowest BCUT2D eigenvalue weighted by atomic mass is 9.81. The van der Waals surface area contributed by atoms with Gasteiger partial charge < -0.3 is 21.3 Å². The highest BCUT2D eigenvalue weighted by Crippen LogP contribution is 2.40. The van der Waals surface area contributed by atoms with Gasteiger partial charge in [-0.2, -0.15) is 0 Å². The predicted molar refractivity (Wildman–Crippen MR) is 195 cm³/mol. The van der Waals surface area contributed by atoms with Crippen LogP contribution in [0.15, 0.2) is 0 Å². The highest BCUT2D eigenvalue weighted by molar-refractivity contribution is 5.13. The van der Waals surface area contributed by atoms with E-state index in [-0.39, 0.29) is 43.2 Å². The minimum atomic E-state index is 0.220. The fraction of sp³-hybridized carbons (Fsp3) is 1.00. The molecule has 12 nitrogen and oxygen atoms in total. The molecule has 49 heavy (non-hydrogen) atoms. The maximum atomic E-state index is 4.32. The van der Waals surface area contributed by atoms with E-state index < -0.39 is 0 Å². The van der Waals surface area contributed by atoms with E-state index in [2.05, 4.69) is 98.1 Å². The third-order valence-electron chi connectivity index (χ3n) is 15.6. The maximum absolute atomic E-state index is 4.32. The van der Waals surface area contributed by atoms with Crippen LogP contribution >= 0.6 is 0 Å². The van der Waals surface area contributed by atoms with Crippen LogP contribution in [0.3, 0.4) is 0 Å². The lowest BCUT2D eigenvalue weighted by Gasteiger charge is -2.40. The predicted octanol–water partition coefficient (Wildman–Crippen LogP) is -0.261. The van der Waals surface area contributed by atoms with Gasteiger partial charge >= 0.3 is 0 Å². The van der Waals surface area contributed by atoms with Gasteiger partial charge in [0.1, 0.15) is 0 Å². The zero-order chi connectivity index (χ0) is 33.4. The molecular weight excluding hydrogens is 612 g/mol. The molecule has 0 spiro atoms. The van der Waals surface area contributed by atoms with Gasteiger partial charge in [-0.15, -0.1) is 0 Å². The second-order valence-electron chi connectivity index (χ2n) is 18.0. The van der Waals surface area contributed by atoms with Crippen molar-refractivity contribution in [3.63, 3.8) is 0 Å². The molecule has 9 aliphatic heterocycles. The molecule has 9 saturated heterocycles. The van der Waals surface area contributed by atoms with Crippen LogP contribution in [0, 0.1) is 47.3 Å². The number of likely N-dealkylation sites (N-methyl/N-ethyl adjacent to an activating group) is 1. The summed E-state index contributed by atoms with van der Waals surface area (Å²) in [5.74, 6) is 5.16. The molecule has 278 valence electrons. The molecule has 12 heteroatoms. The first kappa shape index (κ1) is 34.3. The fourth-order valence-corrected chi connectivity index (χ4v) is 12.5. The Hall–Kier alpha value is -0.480. The fourth-order valence-electron chi connectivity index (χ4n) is 12.5. The Kier molecular flexibility index (Phi) is 9.84. The van der Waals surface area contributed by atoms with E-state index in [1.54, 1.807) is 0 Å². The highest BCUT2D eigenvalue weighted by atomic mass is 15.5. The quantitative estimate of drug-likeness (QED) is 0.191. The molecule has 0 amide bonds. The molecule has 9 aliphatic rings. The lowest BCUT2D eigenvalue weighted by molar-refractivity contribution is 0.115. The molecule has 20 atom stereocenters. The molecule has 0 radical (unpaired) electrons. The van der Waals surface area contributed by atoms with Gasteiger partial charge in [0, 0.05) is 47.8 Å². The molecule has 8 bridgehead atoms. The van der Waals surface area contributed by atoms with Crippen LogP contribution in [-0.4, -0.2) is 112 Å². The number of hydrogen-bond donors (Lipinski definition) is 11. The third kappa shape index (κ3) is 6.06. The zero-order valence-electron chi connectivity index (χ0n) is 31.0. The van der Waals surface area contributed by atoms with E-state index in [9.17, 15) is 0 Å². The van der Waals surface area contributed by atoms with Gasteiger partial charge in [0.25, 0.3) is 0 Å². The van der Waals surface area contributed by atoms with Crippen molar-refractivity contribution in [3.05, 3.63) is 0 Å². The Bertz CT molecular complexity index is 1140. The third-order valence-corrected chi connectivity index (χ3v) is 15.6. The smallest absolute Gasteiger partial charge is 0.0781 e. The van der Waals surface area contributed by atoms with Gasteiger partial charge in [-0.25, -0.2) is 0 Å². The van der Waals surface area contributed by atoms with E-state index in [0.717, 1.165) is 49.9 Å². The van der Waals surface area contributed by atoms with Crippen molar-refractivity contribution >= 4 is 0 Å². The summed E-state index contributed by atoms with van der Waals surface area (Å²) in [6.45, 7) is 14.0. The van der Waals surface area contributed by atoms with Crippen molar-refractivity contribution in [2.45, 2.75) is 153 Å². The summed E-state index contributed by atoms with van der Waals surface area (Å²) >= 11 is 0. The summed E-state index contributed by atoms with van der Waals surface area (Å²) < 4.78 is 0. The molecule has 9 rings (SSSR count). The van der Waals surface area contributed by atoms with Crippen LogP contribution in [0.2, 0.25) is 0 Å². The summed E-state index contributed by atoms with van der Waals surface area (Å²) in [4.78, 5) is 2.68. The highest BCUT2D eigenvalue weighted by Gasteiger charge is 2.57. The summed E-state index contributed by atoms with van der Waals surface area (Å²) in [6.07, 6.45) is 12.1. The average molecular weight is 683 g/mol. The summed E-state index contributed by atoms with van der Waals surface area (Å²) in [5, 5.41) is 46.1. The monoisotopic (exact) mass is 683 g/mol. The lowest BCUT2D eigenvalue weighted by Crippen LogP contribution is -2.63. The molecule has 0 saturated carbocycles. The molecule has 9 fully saturated rings. The Morgan fingerprint density at radius 1 is 0.388 bits per heavy atom. The van der Waals surface area contributed by atoms with Crippen LogP contribution in [0.4, 0.5) is 0 Å². The van der Waals surface area contributed by atoms with Gasteiger partial charge in [0.2, 0.25) is 0 Å². The van der Waals surface area contributed by atoms with Crippen molar-refractivity contribution in [1.82, 2.24) is 63.4 Å². The Morgan fingerprint density at radius 2 is 0.714 bits per heavy atom. The molecule has 9 heterocycles. The van der Waals surface area contributed by atoms with Crippen molar-refractivity contribution in [2.75, 3.05) is 33.2 Å². The molecule has 0 aromatic heterocycles. The molecule has 0 aromatic rings. The molecule has 11 N–H and O–H groups in total. The van der Waals surface area contributed by atoms with Gasteiger partial charge in [-0.05, 0) is 82.6 Å². The second kappa shape index (κ2) is 14.1. The first-order chi connectivity index (χ1) is 24.0. The Morgan fingerprint density at radius 3 is 1.12 bits per heavy atom. The minimum Gasteiger partial charge on any atom is -0.311 e. The topological polar surface area (TPSA) is 136 Å². The number of rotatable bonds is 4. The summed E-state index contributed by atoms with van der Waals surface area (Å²) in [7, 11) is 2.39. The normalized spacial score (nSPS) is 55.8. The van der Waals surface area contributed by atoms with Crippen LogP contribution < -0.4 is 58.5 Å². The number of nitrogens with one attached hydrogen (secondary N) is 11. The molecule has 20 unspecified atom stereocenters. The number of piperidine rings is 4. The van der Waals surface area contributed by atoms with Gasteiger partial charge in [-0.1, -0.05) is 53.4 Å². The van der Waals surface area contributed by atoms with Crippen LogP contribution in [0.1, 0.15) is 79.1 Å². The SMILES string of the molecule is CCC1CNC2C3NC(NC4NC(NC5C6NCC(CC)CC6C(NC6NC(N3)C3CC(CC)CNC63)N5C)C3CC(CC)CNC43)C2C1. The van der Waals surface area contributed by atoms with Crippen molar-refractivity contribution in [3.8, 4) is 0 Å². The number of hydrogen-bond acceptors (Lipinski definition) is 12. The van der Waals surface area contributed by atoms with Crippen molar-refractivity contribution in [1.29, 1.82) is 0 Å². The second-order valence-corrected chi connectivity index (χ2v) is 18.0. The van der Waals surface area contributed by atoms with E-state index in [4.69, 9.17) is 0 Å². The van der Waals surface area contributed by atoms with Crippen molar-refractivity contribution in [2.24, 2.45) is 47.3 Å². The van der Waals surface area contributed by atoms with E-state index in [1.165, 1.54) is 51.4 Å². The van der Waals surface area contributed by atoms with E-state index >= 15 is 0 Å². The van der Waals surface area contributed by atoms with E-state index in [0.29, 0.717) is 54.0 Å². The summed E-state index contributed by atoms with van der Waals surface area (Å²) in [5.41, 5.74) is 0. The van der Waals surface area contributed by atoms with Gasteiger partial charge in [0.15, 0.2) is 0 Å². The largest absolute Gasteiger partial charge is 0.311 e. The first-order valence-electron chi connectivity index (χ1n) is 20.9. The van der Waals surface area contributed by atoms with Crippen LogP contribution in [0.5, 0.6) is 0 Å². The van der Waals surface area contributed by atoms with Gasteiger partial charge in [-0.3, -0.25) is 42.1 Å². The standard InChI is InChI=1S/C37H70N12/c1-6-18-10-22-26(38-14-18)33-42-30(22)43-34-27-24(12-20(8-3)15-39-27)32(46-34)47-37-29-25(13-21(9-4)17-41-29)36(49(37)5)48-35-28-23(31(44-33)45-35)11-19(7-2)16-40-28/h18-48H,6-17H2,1-5H3. The number of fused-ring (bicyclic) bond motifs is 20.